The molecular formula is C8H12N6O3. The zero-order valence-electron chi connectivity index (χ0n) is 9.14. The number of amides is 1. The average molecular weight is 240 g/mol. The molecule has 0 saturated carbocycles. The third-order valence-electron chi connectivity index (χ3n) is 1.64. The fourth-order valence-electron chi connectivity index (χ4n) is 0.943. The van der Waals surface area contributed by atoms with Gasteiger partial charge in [-0.1, -0.05) is 5.22 Å². The number of hydrogen-bond donors (Lipinski definition) is 3. The highest BCUT2D eigenvalue weighted by atomic mass is 16.5. The van der Waals surface area contributed by atoms with E-state index in [9.17, 15) is 9.59 Å². The lowest BCUT2D eigenvalue weighted by Gasteiger charge is -1.97. The van der Waals surface area contributed by atoms with E-state index in [4.69, 9.17) is 5.73 Å². The van der Waals surface area contributed by atoms with E-state index in [1.165, 1.54) is 6.20 Å². The molecule has 9 nitrogen and oxygen atoms in total. The Morgan fingerprint density at radius 3 is 3.06 bits per heavy atom. The van der Waals surface area contributed by atoms with E-state index in [0.717, 1.165) is 0 Å². The standard InChI is InChI=1S/C8H12N6O3/c1-2-17-6(15)4-11-14-13-8-5(7(9)16)3-10-12-8/h3H,2,4H2,1H3,(H2,9,16)(H2,10,11,12,13). The molecule has 0 aromatic carbocycles. The summed E-state index contributed by atoms with van der Waals surface area (Å²) in [7, 11) is 0. The number of carbonyl (C=O) groups is 2. The molecule has 4 N–H and O–H groups in total. The lowest BCUT2D eigenvalue weighted by molar-refractivity contribution is -0.141. The summed E-state index contributed by atoms with van der Waals surface area (Å²) in [5.41, 5.74) is 7.62. The minimum Gasteiger partial charge on any atom is -0.465 e. The summed E-state index contributed by atoms with van der Waals surface area (Å²) in [4.78, 5) is 21.8. The van der Waals surface area contributed by atoms with E-state index >= 15 is 0 Å². The molecule has 1 rings (SSSR count). The molecule has 0 spiro atoms. The normalized spacial score (nSPS) is 10.4. The second-order valence-electron chi connectivity index (χ2n) is 2.84. The first-order chi connectivity index (χ1) is 8.15. The summed E-state index contributed by atoms with van der Waals surface area (Å²) in [6.07, 6.45) is 1.26. The zero-order chi connectivity index (χ0) is 12.7. The molecule has 1 amide bonds. The number of anilines is 1. The lowest BCUT2D eigenvalue weighted by atomic mass is 10.3. The predicted octanol–water partition coefficient (Wildman–Crippen LogP) is -0.149. The highest BCUT2D eigenvalue weighted by molar-refractivity contribution is 5.97. The Morgan fingerprint density at radius 2 is 2.41 bits per heavy atom. The first-order valence-corrected chi connectivity index (χ1v) is 4.76. The number of nitrogens with zero attached hydrogens (tertiary/aromatic N) is 3. The van der Waals surface area contributed by atoms with Crippen molar-refractivity contribution in [2.75, 3.05) is 18.6 Å². The highest BCUT2D eigenvalue weighted by Crippen LogP contribution is 2.09. The predicted molar refractivity (Wildman–Crippen MR) is 57.1 cm³/mol. The van der Waals surface area contributed by atoms with Gasteiger partial charge in [0.25, 0.3) is 5.91 Å². The number of H-pyrrole nitrogens is 1. The van der Waals surface area contributed by atoms with E-state index in [2.05, 4.69) is 30.7 Å². The molecule has 0 radical (unpaired) electrons. The minimum absolute atomic E-state index is 0.153. The van der Waals surface area contributed by atoms with Crippen molar-refractivity contribution in [1.82, 2.24) is 10.2 Å². The fraction of sp³-hybridized carbons (Fsp3) is 0.375. The number of aromatic amines is 1. The summed E-state index contributed by atoms with van der Waals surface area (Å²) in [5, 5.41) is 13.1. The van der Waals surface area contributed by atoms with Gasteiger partial charge in [0, 0.05) is 0 Å². The molecule has 0 aliphatic carbocycles. The van der Waals surface area contributed by atoms with Gasteiger partial charge in [-0.05, 0) is 6.92 Å². The molecule has 1 aromatic rings. The monoisotopic (exact) mass is 240 g/mol. The minimum atomic E-state index is -0.651. The summed E-state index contributed by atoms with van der Waals surface area (Å²) in [6.45, 7) is 1.77. The number of nitrogens with two attached hydrogens (primary N) is 1. The van der Waals surface area contributed by atoms with Gasteiger partial charge >= 0.3 is 5.97 Å². The molecule has 0 aliphatic rings. The molecule has 0 saturated heterocycles. The molecule has 0 aliphatic heterocycles. The van der Waals surface area contributed by atoms with Crippen LogP contribution in [-0.4, -0.2) is 35.2 Å². The van der Waals surface area contributed by atoms with Crippen LogP contribution in [0.4, 0.5) is 5.82 Å². The van der Waals surface area contributed by atoms with Crippen molar-refractivity contribution >= 4 is 17.7 Å². The van der Waals surface area contributed by atoms with Crippen LogP contribution in [0, 0.1) is 0 Å². The Hall–Kier alpha value is -2.45. The van der Waals surface area contributed by atoms with Crippen molar-refractivity contribution in [3.05, 3.63) is 11.8 Å². The molecule has 1 heterocycles. The number of carbonyl (C=O) groups excluding carboxylic acids is 2. The maximum absolute atomic E-state index is 10.9. The molecule has 0 unspecified atom stereocenters. The molecule has 0 fully saturated rings. The summed E-state index contributed by atoms with van der Waals surface area (Å²) in [6, 6.07) is 0. The first kappa shape index (κ1) is 12.6. The second-order valence-corrected chi connectivity index (χ2v) is 2.84. The van der Waals surface area contributed by atoms with Crippen molar-refractivity contribution in [2.24, 2.45) is 16.1 Å². The van der Waals surface area contributed by atoms with Gasteiger partial charge in [0.1, 0.15) is 5.56 Å². The zero-order valence-corrected chi connectivity index (χ0v) is 9.14. The van der Waals surface area contributed by atoms with E-state index in [0.29, 0.717) is 0 Å². The van der Waals surface area contributed by atoms with E-state index in [1.807, 2.05) is 0 Å². The number of hydrogen-bond acceptors (Lipinski definition) is 6. The van der Waals surface area contributed by atoms with Gasteiger partial charge in [-0.3, -0.25) is 9.89 Å². The Balaban J connectivity index is 2.45. The van der Waals surface area contributed by atoms with Crippen LogP contribution in [0.25, 0.3) is 0 Å². The third-order valence-corrected chi connectivity index (χ3v) is 1.64. The number of esters is 1. The smallest absolute Gasteiger partial charge is 0.329 e. The Morgan fingerprint density at radius 1 is 1.65 bits per heavy atom. The van der Waals surface area contributed by atoms with Crippen LogP contribution >= 0.6 is 0 Å². The van der Waals surface area contributed by atoms with Crippen molar-refractivity contribution in [2.45, 2.75) is 6.92 Å². The van der Waals surface area contributed by atoms with E-state index in [-0.39, 0.29) is 24.5 Å². The van der Waals surface area contributed by atoms with Gasteiger partial charge in [-0.25, -0.2) is 10.2 Å². The summed E-state index contributed by atoms with van der Waals surface area (Å²) in [5.74, 6) is -0.926. The molecule has 9 heteroatoms. The number of primary amides is 1. The topological polar surface area (TPSA) is 135 Å². The first-order valence-electron chi connectivity index (χ1n) is 4.76. The summed E-state index contributed by atoms with van der Waals surface area (Å²) >= 11 is 0. The van der Waals surface area contributed by atoms with Crippen LogP contribution in [-0.2, 0) is 9.53 Å². The molecule has 0 bridgehead atoms. The van der Waals surface area contributed by atoms with Crippen LogP contribution in [0.2, 0.25) is 0 Å². The number of aromatic nitrogens is 2. The van der Waals surface area contributed by atoms with Crippen LogP contribution in [0.1, 0.15) is 17.3 Å². The molecule has 0 atom stereocenters. The SMILES string of the molecule is CCOC(=O)CN=NNc1[nH]ncc1C(N)=O. The Bertz CT molecular complexity index is 427. The van der Waals surface area contributed by atoms with Crippen LogP contribution in [0.5, 0.6) is 0 Å². The second kappa shape index (κ2) is 6.20. The largest absolute Gasteiger partial charge is 0.465 e. The van der Waals surface area contributed by atoms with Gasteiger partial charge in [0.2, 0.25) is 0 Å². The van der Waals surface area contributed by atoms with Gasteiger partial charge in [0.05, 0.1) is 12.8 Å². The van der Waals surface area contributed by atoms with Gasteiger partial charge in [-0.15, -0.1) is 0 Å². The Labute approximate surface area is 96.4 Å². The van der Waals surface area contributed by atoms with E-state index in [1.54, 1.807) is 6.92 Å². The maximum atomic E-state index is 10.9. The van der Waals surface area contributed by atoms with Crippen LogP contribution in [0.15, 0.2) is 16.5 Å². The van der Waals surface area contributed by atoms with Gasteiger partial charge in [0.15, 0.2) is 12.4 Å². The fourth-order valence-corrected chi connectivity index (χ4v) is 0.943. The quantitative estimate of drug-likeness (QED) is 0.361. The highest BCUT2D eigenvalue weighted by Gasteiger charge is 2.09. The van der Waals surface area contributed by atoms with Crippen LogP contribution in [0.3, 0.4) is 0 Å². The number of rotatable bonds is 6. The van der Waals surface area contributed by atoms with Crippen molar-refractivity contribution in [1.29, 1.82) is 0 Å². The van der Waals surface area contributed by atoms with E-state index < -0.39 is 11.9 Å². The molecule has 92 valence electrons. The van der Waals surface area contributed by atoms with Crippen molar-refractivity contribution in [3.8, 4) is 0 Å². The van der Waals surface area contributed by atoms with Crippen molar-refractivity contribution < 1.29 is 14.3 Å². The molecule has 1 aromatic heterocycles. The van der Waals surface area contributed by atoms with Gasteiger partial charge in [-0.2, -0.15) is 10.2 Å². The Kier molecular flexibility index (Phi) is 4.60. The third kappa shape index (κ3) is 3.89. The average Bonchev–Trinajstić information content (AvgIpc) is 2.73. The maximum Gasteiger partial charge on any atom is 0.329 e. The molecular weight excluding hydrogens is 228 g/mol. The lowest BCUT2D eigenvalue weighted by Crippen LogP contribution is -2.12. The van der Waals surface area contributed by atoms with Gasteiger partial charge < -0.3 is 10.5 Å². The summed E-state index contributed by atoms with van der Waals surface area (Å²) < 4.78 is 4.63. The number of ether oxygens (including phenoxy) is 1. The number of nitrogens with one attached hydrogen (secondary N) is 2. The van der Waals surface area contributed by atoms with Crippen molar-refractivity contribution in [3.63, 3.8) is 0 Å². The van der Waals surface area contributed by atoms with Crippen LogP contribution < -0.4 is 11.2 Å². The molecule has 17 heavy (non-hydrogen) atoms.